The molecule has 0 unspecified atom stereocenters. The predicted molar refractivity (Wildman–Crippen MR) is 108 cm³/mol. The van der Waals surface area contributed by atoms with Gasteiger partial charge in [-0.25, -0.2) is 0 Å². The number of aliphatic hydroxyl groups excluding tert-OH is 1. The molecule has 1 fully saturated rings. The summed E-state index contributed by atoms with van der Waals surface area (Å²) in [6, 6.07) is 10.7. The average molecular weight is 389 g/mol. The van der Waals surface area contributed by atoms with Gasteiger partial charge < -0.3 is 19.0 Å². The van der Waals surface area contributed by atoms with Gasteiger partial charge in [0.2, 0.25) is 0 Å². The number of hydrogen-bond donors (Lipinski definition) is 1. The predicted octanol–water partition coefficient (Wildman–Crippen LogP) is 2.81. The summed E-state index contributed by atoms with van der Waals surface area (Å²) in [6.07, 6.45) is 0.772. The van der Waals surface area contributed by atoms with E-state index >= 15 is 0 Å². The van der Waals surface area contributed by atoms with Gasteiger partial charge in [0.25, 0.3) is 0 Å². The van der Waals surface area contributed by atoms with Crippen molar-refractivity contribution >= 4 is 0 Å². The molecule has 154 valence electrons. The number of aryl methyl sites for hydroxylation is 1. The normalized spacial score (nSPS) is 18.5. The first-order valence-electron chi connectivity index (χ1n) is 9.90. The molecule has 1 aliphatic heterocycles. The quantitative estimate of drug-likeness (QED) is 0.713. The second-order valence-electron chi connectivity index (χ2n) is 7.46. The van der Waals surface area contributed by atoms with E-state index in [9.17, 15) is 5.11 Å². The minimum Gasteiger partial charge on any atom is -0.496 e. The fourth-order valence-corrected chi connectivity index (χ4v) is 3.96. The fraction of sp³-hybridized carbons (Fsp3) is 0.545. The van der Waals surface area contributed by atoms with Gasteiger partial charge in [0, 0.05) is 51.5 Å². The Morgan fingerprint density at radius 1 is 1.14 bits per heavy atom. The highest BCUT2D eigenvalue weighted by Gasteiger charge is 2.27. The summed E-state index contributed by atoms with van der Waals surface area (Å²) < 4.78 is 16.5. The van der Waals surface area contributed by atoms with Crippen LogP contribution in [-0.2, 0) is 24.4 Å². The SMILES string of the molecule is COCc1cc(CN2CCN(Cc3ccc(C)o3)[C@@H](CCO)C2)ccc1OC. The van der Waals surface area contributed by atoms with Gasteiger partial charge in [-0.05, 0) is 43.2 Å². The maximum absolute atomic E-state index is 9.54. The van der Waals surface area contributed by atoms with Crippen LogP contribution in [0.25, 0.3) is 0 Å². The van der Waals surface area contributed by atoms with Crippen molar-refractivity contribution in [1.82, 2.24) is 9.80 Å². The highest BCUT2D eigenvalue weighted by Crippen LogP contribution is 2.23. The highest BCUT2D eigenvalue weighted by molar-refractivity contribution is 5.37. The first-order valence-corrected chi connectivity index (χ1v) is 9.90. The number of benzene rings is 1. The number of aliphatic hydroxyl groups is 1. The average Bonchev–Trinajstić information content (AvgIpc) is 3.09. The van der Waals surface area contributed by atoms with E-state index in [0.29, 0.717) is 12.6 Å². The first-order chi connectivity index (χ1) is 13.6. The number of rotatable bonds is 9. The molecule has 0 saturated carbocycles. The number of hydrogen-bond acceptors (Lipinski definition) is 6. The van der Waals surface area contributed by atoms with Gasteiger partial charge in [0.05, 0.1) is 20.3 Å². The van der Waals surface area contributed by atoms with E-state index in [1.54, 1.807) is 14.2 Å². The monoisotopic (exact) mass is 388 g/mol. The molecule has 1 saturated heterocycles. The van der Waals surface area contributed by atoms with E-state index in [0.717, 1.165) is 62.0 Å². The molecule has 2 aromatic rings. The molecule has 0 aliphatic carbocycles. The third-order valence-corrected chi connectivity index (χ3v) is 5.36. The Bertz CT molecular complexity index is 746. The van der Waals surface area contributed by atoms with Gasteiger partial charge in [0.15, 0.2) is 0 Å². The van der Waals surface area contributed by atoms with Crippen LogP contribution < -0.4 is 4.74 Å². The molecule has 6 heteroatoms. The number of methoxy groups -OCH3 is 2. The summed E-state index contributed by atoms with van der Waals surface area (Å²) >= 11 is 0. The van der Waals surface area contributed by atoms with Crippen molar-refractivity contribution < 1.29 is 19.0 Å². The number of furan rings is 1. The van der Waals surface area contributed by atoms with Crippen molar-refractivity contribution in [2.75, 3.05) is 40.5 Å². The van der Waals surface area contributed by atoms with Crippen LogP contribution in [-0.4, -0.2) is 61.4 Å². The van der Waals surface area contributed by atoms with Gasteiger partial charge in [-0.2, -0.15) is 0 Å². The van der Waals surface area contributed by atoms with Crippen molar-refractivity contribution in [2.45, 2.75) is 39.1 Å². The second-order valence-corrected chi connectivity index (χ2v) is 7.46. The molecule has 3 rings (SSSR count). The Morgan fingerprint density at radius 2 is 2.00 bits per heavy atom. The van der Waals surface area contributed by atoms with Crippen LogP contribution in [0.3, 0.4) is 0 Å². The van der Waals surface area contributed by atoms with Crippen molar-refractivity contribution in [3.63, 3.8) is 0 Å². The molecule has 28 heavy (non-hydrogen) atoms. The highest BCUT2D eigenvalue weighted by atomic mass is 16.5. The topological polar surface area (TPSA) is 58.3 Å². The molecule has 0 spiro atoms. The molecular formula is C22H32N2O4. The van der Waals surface area contributed by atoms with Gasteiger partial charge in [0.1, 0.15) is 17.3 Å². The van der Waals surface area contributed by atoms with Crippen molar-refractivity contribution in [3.05, 3.63) is 53.0 Å². The second kappa shape index (κ2) is 10.1. The van der Waals surface area contributed by atoms with Crippen molar-refractivity contribution in [2.24, 2.45) is 0 Å². The Morgan fingerprint density at radius 3 is 2.68 bits per heavy atom. The minimum absolute atomic E-state index is 0.201. The van der Waals surface area contributed by atoms with E-state index in [-0.39, 0.29) is 6.61 Å². The Kier molecular flexibility index (Phi) is 7.50. The molecule has 1 aromatic heterocycles. The Hall–Kier alpha value is -1.86. The molecule has 0 bridgehead atoms. The number of nitrogens with zero attached hydrogens (tertiary/aromatic N) is 2. The smallest absolute Gasteiger partial charge is 0.124 e. The summed E-state index contributed by atoms with van der Waals surface area (Å²) in [7, 11) is 3.39. The van der Waals surface area contributed by atoms with Crippen LogP contribution in [0.2, 0.25) is 0 Å². The standard InChI is InChI=1S/C22H32N2O4/c1-17-4-6-21(28-17)15-24-10-9-23(14-20(24)8-11-25)13-18-5-7-22(27-3)19(12-18)16-26-2/h4-7,12,20,25H,8-11,13-16H2,1-3H3/t20-/m0/s1. The summed E-state index contributed by atoms with van der Waals surface area (Å²) in [5.41, 5.74) is 2.33. The van der Waals surface area contributed by atoms with E-state index in [4.69, 9.17) is 13.9 Å². The Labute approximate surface area is 167 Å². The molecule has 6 nitrogen and oxygen atoms in total. The molecule has 0 radical (unpaired) electrons. The van der Waals surface area contributed by atoms with Gasteiger partial charge in [-0.3, -0.25) is 9.80 Å². The zero-order valence-corrected chi connectivity index (χ0v) is 17.2. The van der Waals surface area contributed by atoms with Crippen LogP contribution in [0.15, 0.2) is 34.7 Å². The number of ether oxygens (including phenoxy) is 2. The maximum atomic E-state index is 9.54. The lowest BCUT2D eigenvalue weighted by atomic mass is 10.1. The fourth-order valence-electron chi connectivity index (χ4n) is 3.96. The third kappa shape index (κ3) is 5.35. The molecule has 2 heterocycles. The molecule has 1 aliphatic rings. The minimum atomic E-state index is 0.201. The Balaban J connectivity index is 1.64. The van der Waals surface area contributed by atoms with E-state index < -0.39 is 0 Å². The summed E-state index contributed by atoms with van der Waals surface area (Å²) in [6.45, 7) is 7.29. The third-order valence-electron chi connectivity index (χ3n) is 5.36. The van der Waals surface area contributed by atoms with Crippen LogP contribution in [0, 0.1) is 6.92 Å². The molecule has 1 N–H and O–H groups in total. The first kappa shape index (κ1) is 20.9. The van der Waals surface area contributed by atoms with Gasteiger partial charge >= 0.3 is 0 Å². The van der Waals surface area contributed by atoms with Crippen LogP contribution >= 0.6 is 0 Å². The summed E-state index contributed by atoms with van der Waals surface area (Å²) in [4.78, 5) is 4.89. The van der Waals surface area contributed by atoms with Gasteiger partial charge in [-0.1, -0.05) is 6.07 Å². The molecule has 1 aromatic carbocycles. The van der Waals surface area contributed by atoms with Crippen LogP contribution in [0.4, 0.5) is 0 Å². The molecule has 0 amide bonds. The van der Waals surface area contributed by atoms with E-state index in [2.05, 4.69) is 21.9 Å². The van der Waals surface area contributed by atoms with E-state index in [1.165, 1.54) is 5.56 Å². The molecule has 1 atom stereocenters. The van der Waals surface area contributed by atoms with Crippen molar-refractivity contribution in [3.8, 4) is 5.75 Å². The van der Waals surface area contributed by atoms with Crippen molar-refractivity contribution in [1.29, 1.82) is 0 Å². The van der Waals surface area contributed by atoms with Crippen LogP contribution in [0.1, 0.15) is 29.1 Å². The zero-order chi connectivity index (χ0) is 19.9. The summed E-state index contributed by atoms with van der Waals surface area (Å²) in [5.74, 6) is 2.80. The zero-order valence-electron chi connectivity index (χ0n) is 17.2. The lowest BCUT2D eigenvalue weighted by Gasteiger charge is -2.41. The lowest BCUT2D eigenvalue weighted by molar-refractivity contribution is 0.0454. The van der Waals surface area contributed by atoms with Gasteiger partial charge in [-0.15, -0.1) is 0 Å². The maximum Gasteiger partial charge on any atom is 0.124 e. The lowest BCUT2D eigenvalue weighted by Crippen LogP contribution is -2.52. The largest absolute Gasteiger partial charge is 0.496 e. The molecular weight excluding hydrogens is 356 g/mol. The van der Waals surface area contributed by atoms with E-state index in [1.807, 2.05) is 25.1 Å². The summed E-state index contributed by atoms with van der Waals surface area (Å²) in [5, 5.41) is 9.54. The number of piperazine rings is 1. The van der Waals surface area contributed by atoms with Crippen LogP contribution in [0.5, 0.6) is 5.75 Å².